The molecule has 0 spiro atoms. The highest BCUT2D eigenvalue weighted by Crippen LogP contribution is 2.40. The van der Waals surface area contributed by atoms with Crippen molar-refractivity contribution in [3.8, 4) is 5.75 Å². The fourth-order valence-electron chi connectivity index (χ4n) is 2.01. The van der Waals surface area contributed by atoms with E-state index in [9.17, 15) is 4.79 Å². The molecule has 0 radical (unpaired) electrons. The number of para-hydroxylation sites is 1. The van der Waals surface area contributed by atoms with Crippen molar-refractivity contribution in [1.82, 2.24) is 14.8 Å². The Morgan fingerprint density at radius 2 is 2.35 bits per heavy atom. The van der Waals surface area contributed by atoms with Crippen molar-refractivity contribution in [2.24, 2.45) is 0 Å². The van der Waals surface area contributed by atoms with E-state index in [4.69, 9.17) is 10.5 Å². The lowest BCUT2D eigenvalue weighted by Crippen LogP contribution is -2.16. The third kappa shape index (κ3) is 2.40. The summed E-state index contributed by atoms with van der Waals surface area (Å²) in [5, 5.41) is 7.23. The van der Waals surface area contributed by atoms with Gasteiger partial charge in [-0.1, -0.05) is 6.07 Å². The topological polar surface area (TPSA) is 85.9 Å². The maximum Gasteiger partial charge on any atom is 0.344 e. The molecule has 0 amide bonds. The van der Waals surface area contributed by atoms with Crippen molar-refractivity contribution < 1.29 is 4.74 Å². The van der Waals surface area contributed by atoms with Crippen molar-refractivity contribution in [1.29, 1.82) is 0 Å². The summed E-state index contributed by atoms with van der Waals surface area (Å²) in [4.78, 5) is 12.6. The fraction of sp³-hybridized carbons (Fsp3) is 0.385. The van der Waals surface area contributed by atoms with E-state index in [0.717, 1.165) is 17.7 Å². The Bertz CT molecular complexity index is 675. The maximum absolute atomic E-state index is 11.7. The molecule has 106 valence electrons. The lowest BCUT2D eigenvalue weighted by atomic mass is 10.3. The van der Waals surface area contributed by atoms with Gasteiger partial charge in [-0.25, -0.2) is 9.89 Å². The van der Waals surface area contributed by atoms with Gasteiger partial charge in [0.1, 0.15) is 5.75 Å². The first kappa shape index (κ1) is 13.1. The van der Waals surface area contributed by atoms with Gasteiger partial charge >= 0.3 is 5.69 Å². The van der Waals surface area contributed by atoms with E-state index in [1.165, 1.54) is 11.8 Å². The zero-order valence-electron chi connectivity index (χ0n) is 11.1. The molecule has 1 heterocycles. The minimum absolute atomic E-state index is 0.158. The second-order valence-electron chi connectivity index (χ2n) is 4.62. The first-order chi connectivity index (χ1) is 9.70. The molecule has 1 aromatic heterocycles. The molecule has 0 unspecified atom stereocenters. The molecule has 1 aliphatic rings. The molecule has 0 saturated heterocycles. The van der Waals surface area contributed by atoms with Gasteiger partial charge in [0, 0.05) is 10.9 Å². The number of anilines is 1. The maximum atomic E-state index is 11.7. The molecular formula is C13H16N4O2S. The van der Waals surface area contributed by atoms with Crippen molar-refractivity contribution in [2.45, 2.75) is 35.9 Å². The predicted molar refractivity (Wildman–Crippen MR) is 77.3 cm³/mol. The SMILES string of the molecule is CCOc1cccc(Sc2n[nH]c(=O)n2C2CC2)c1N. The lowest BCUT2D eigenvalue weighted by molar-refractivity contribution is 0.341. The molecule has 1 saturated carbocycles. The minimum Gasteiger partial charge on any atom is -0.492 e. The van der Waals surface area contributed by atoms with Gasteiger partial charge in [0.05, 0.1) is 12.3 Å². The molecule has 3 rings (SSSR count). The molecule has 0 atom stereocenters. The van der Waals surface area contributed by atoms with Crippen molar-refractivity contribution >= 4 is 17.4 Å². The predicted octanol–water partition coefficient (Wildman–Crippen LogP) is 2.04. The van der Waals surface area contributed by atoms with Gasteiger partial charge in [-0.2, -0.15) is 0 Å². The molecule has 0 aliphatic heterocycles. The number of ether oxygens (including phenoxy) is 1. The van der Waals surface area contributed by atoms with Gasteiger partial charge < -0.3 is 10.5 Å². The van der Waals surface area contributed by atoms with Crippen LogP contribution in [0.5, 0.6) is 5.75 Å². The summed E-state index contributed by atoms with van der Waals surface area (Å²) in [7, 11) is 0. The van der Waals surface area contributed by atoms with Crippen LogP contribution >= 0.6 is 11.8 Å². The Labute approximate surface area is 120 Å². The number of nitrogens with two attached hydrogens (primary N) is 1. The van der Waals surface area contributed by atoms with Crippen LogP contribution in [0.2, 0.25) is 0 Å². The second-order valence-corrected chi connectivity index (χ2v) is 5.62. The van der Waals surface area contributed by atoms with Gasteiger partial charge in [0.2, 0.25) is 0 Å². The Morgan fingerprint density at radius 3 is 3.05 bits per heavy atom. The normalized spacial score (nSPS) is 14.4. The number of H-pyrrole nitrogens is 1. The number of aromatic amines is 1. The zero-order valence-corrected chi connectivity index (χ0v) is 11.9. The van der Waals surface area contributed by atoms with E-state index in [1.54, 1.807) is 4.57 Å². The number of benzene rings is 1. The average Bonchev–Trinajstić information content (AvgIpc) is 3.20. The van der Waals surface area contributed by atoms with Crippen LogP contribution in [0.1, 0.15) is 25.8 Å². The monoisotopic (exact) mass is 292 g/mol. The van der Waals surface area contributed by atoms with Crippen LogP contribution in [0.25, 0.3) is 0 Å². The van der Waals surface area contributed by atoms with Crippen molar-refractivity contribution in [3.05, 3.63) is 28.7 Å². The Hall–Kier alpha value is -1.89. The second kappa shape index (κ2) is 5.24. The molecule has 6 nitrogen and oxygen atoms in total. The third-order valence-corrected chi connectivity index (χ3v) is 4.16. The number of hydrogen-bond acceptors (Lipinski definition) is 5. The summed E-state index contributed by atoms with van der Waals surface area (Å²) < 4.78 is 7.18. The highest BCUT2D eigenvalue weighted by molar-refractivity contribution is 7.99. The average molecular weight is 292 g/mol. The largest absolute Gasteiger partial charge is 0.492 e. The van der Waals surface area contributed by atoms with E-state index in [1.807, 2.05) is 25.1 Å². The fourth-order valence-corrected chi connectivity index (χ4v) is 2.99. The molecule has 7 heteroatoms. The van der Waals surface area contributed by atoms with Gasteiger partial charge in [-0.15, -0.1) is 5.10 Å². The van der Waals surface area contributed by atoms with Crippen LogP contribution in [0, 0.1) is 0 Å². The molecule has 1 aromatic carbocycles. The molecule has 1 aliphatic carbocycles. The highest BCUT2D eigenvalue weighted by atomic mass is 32.2. The molecule has 0 bridgehead atoms. The summed E-state index contributed by atoms with van der Waals surface area (Å²) >= 11 is 1.39. The zero-order chi connectivity index (χ0) is 14.1. The van der Waals surface area contributed by atoms with E-state index >= 15 is 0 Å². The first-order valence-electron chi connectivity index (χ1n) is 6.56. The van der Waals surface area contributed by atoms with Crippen LogP contribution in [0.4, 0.5) is 5.69 Å². The molecule has 2 aromatic rings. The number of aromatic nitrogens is 3. The standard InChI is InChI=1S/C13H16N4O2S/c1-2-19-9-4-3-5-10(11(9)14)20-13-16-15-12(18)17(13)8-6-7-8/h3-5,8H,2,6-7,14H2,1H3,(H,15,18). The molecular weight excluding hydrogens is 276 g/mol. The van der Waals surface area contributed by atoms with Gasteiger partial charge in [0.25, 0.3) is 0 Å². The molecule has 3 N–H and O–H groups in total. The Balaban J connectivity index is 1.92. The Morgan fingerprint density at radius 1 is 1.55 bits per heavy atom. The summed E-state index contributed by atoms with van der Waals surface area (Å²) in [5.41, 5.74) is 6.52. The number of nitrogens with one attached hydrogen (secondary N) is 1. The molecule has 1 fully saturated rings. The third-order valence-electron chi connectivity index (χ3n) is 3.11. The van der Waals surface area contributed by atoms with E-state index in [-0.39, 0.29) is 11.7 Å². The number of nitrogen functional groups attached to an aromatic ring is 1. The quantitative estimate of drug-likeness (QED) is 0.824. The first-order valence-corrected chi connectivity index (χ1v) is 7.38. The van der Waals surface area contributed by atoms with Gasteiger partial charge in [-0.05, 0) is 43.7 Å². The van der Waals surface area contributed by atoms with Crippen molar-refractivity contribution in [3.63, 3.8) is 0 Å². The summed E-state index contributed by atoms with van der Waals surface area (Å²) in [6, 6.07) is 5.90. The smallest absolute Gasteiger partial charge is 0.344 e. The van der Waals surface area contributed by atoms with Crippen LogP contribution in [-0.2, 0) is 0 Å². The van der Waals surface area contributed by atoms with Crippen LogP contribution in [0.15, 0.2) is 33.0 Å². The van der Waals surface area contributed by atoms with Crippen LogP contribution < -0.4 is 16.2 Å². The number of rotatable bonds is 5. The lowest BCUT2D eigenvalue weighted by Gasteiger charge is -2.10. The number of hydrogen-bond donors (Lipinski definition) is 2. The van der Waals surface area contributed by atoms with Gasteiger partial charge in [-0.3, -0.25) is 4.57 Å². The number of nitrogens with zero attached hydrogens (tertiary/aromatic N) is 2. The highest BCUT2D eigenvalue weighted by Gasteiger charge is 2.29. The minimum atomic E-state index is -0.158. The van der Waals surface area contributed by atoms with E-state index in [0.29, 0.717) is 23.2 Å². The van der Waals surface area contributed by atoms with Crippen molar-refractivity contribution in [2.75, 3.05) is 12.3 Å². The van der Waals surface area contributed by atoms with Crippen LogP contribution in [-0.4, -0.2) is 21.4 Å². The summed E-state index contributed by atoms with van der Waals surface area (Å²) in [5.74, 6) is 0.661. The van der Waals surface area contributed by atoms with E-state index < -0.39 is 0 Å². The van der Waals surface area contributed by atoms with Gasteiger partial charge in [0.15, 0.2) is 5.16 Å². The summed E-state index contributed by atoms with van der Waals surface area (Å²) in [6.07, 6.45) is 2.06. The molecule has 20 heavy (non-hydrogen) atoms. The van der Waals surface area contributed by atoms with E-state index in [2.05, 4.69) is 10.2 Å². The Kier molecular flexibility index (Phi) is 3.43. The summed E-state index contributed by atoms with van der Waals surface area (Å²) in [6.45, 7) is 2.48. The van der Waals surface area contributed by atoms with Crippen LogP contribution in [0.3, 0.4) is 0 Å².